The lowest BCUT2D eigenvalue weighted by Gasteiger charge is -2.12. The normalized spacial score (nSPS) is 11.1. The molecule has 1 amide bonds. The van der Waals surface area contributed by atoms with E-state index in [4.69, 9.17) is 27.9 Å². The molecule has 2 aromatic carbocycles. The van der Waals surface area contributed by atoms with Crippen molar-refractivity contribution < 1.29 is 17.9 Å². The van der Waals surface area contributed by atoms with Gasteiger partial charge in [-0.3, -0.25) is 4.72 Å². The predicted octanol–water partition coefficient (Wildman–Crippen LogP) is 5.07. The second kappa shape index (κ2) is 9.82. The zero-order valence-corrected chi connectivity index (χ0v) is 17.0. The summed E-state index contributed by atoms with van der Waals surface area (Å²) in [5.41, 5.74) is 0.104. The molecule has 0 radical (unpaired) electrons. The van der Waals surface area contributed by atoms with E-state index < -0.39 is 16.1 Å². The molecule has 0 spiro atoms. The molecule has 2 rings (SSSR count). The highest BCUT2D eigenvalue weighted by molar-refractivity contribution is 7.92. The van der Waals surface area contributed by atoms with Gasteiger partial charge in [-0.1, -0.05) is 49.0 Å². The van der Waals surface area contributed by atoms with E-state index in [1.807, 2.05) is 0 Å². The molecule has 0 bridgehead atoms. The highest BCUT2D eigenvalue weighted by atomic mass is 35.5. The van der Waals surface area contributed by atoms with Crippen LogP contribution in [-0.2, 0) is 10.0 Å². The van der Waals surface area contributed by atoms with E-state index in [1.165, 1.54) is 36.4 Å². The first kappa shape index (κ1) is 21.3. The van der Waals surface area contributed by atoms with E-state index >= 15 is 0 Å². The lowest BCUT2D eigenvalue weighted by atomic mass is 10.2. The number of benzene rings is 2. The second-order valence-electron chi connectivity index (χ2n) is 5.70. The minimum Gasteiger partial charge on any atom is -0.410 e. The van der Waals surface area contributed by atoms with Gasteiger partial charge in [-0.25, -0.2) is 13.2 Å². The highest BCUT2D eigenvalue weighted by Gasteiger charge is 2.18. The van der Waals surface area contributed by atoms with Crippen LogP contribution in [0.1, 0.15) is 26.2 Å². The van der Waals surface area contributed by atoms with Crippen molar-refractivity contribution in [3.63, 3.8) is 0 Å². The van der Waals surface area contributed by atoms with Crippen LogP contribution in [0, 0.1) is 0 Å². The van der Waals surface area contributed by atoms with Crippen molar-refractivity contribution in [3.8, 4) is 5.75 Å². The van der Waals surface area contributed by atoms with Crippen LogP contribution in [0.5, 0.6) is 5.75 Å². The van der Waals surface area contributed by atoms with Crippen molar-refractivity contribution in [1.29, 1.82) is 0 Å². The standard InChI is InChI=1S/C18H20Cl2N2O4S/c1-2-3-4-12-21-18(23)26-13-8-10-14(11-9-13)27(24,25)22-17-15(19)6-5-7-16(17)20/h5-11,22H,2-4,12H2,1H3,(H,21,23). The van der Waals surface area contributed by atoms with Crippen LogP contribution in [-0.4, -0.2) is 21.1 Å². The lowest BCUT2D eigenvalue weighted by Crippen LogP contribution is -2.27. The van der Waals surface area contributed by atoms with E-state index in [1.54, 1.807) is 6.07 Å². The van der Waals surface area contributed by atoms with Gasteiger partial charge in [0.25, 0.3) is 10.0 Å². The highest BCUT2D eigenvalue weighted by Crippen LogP contribution is 2.32. The number of halogens is 2. The number of carbonyl (C=O) groups is 1. The largest absolute Gasteiger partial charge is 0.412 e. The van der Waals surface area contributed by atoms with Crippen molar-refractivity contribution in [1.82, 2.24) is 5.32 Å². The van der Waals surface area contributed by atoms with E-state index in [0.717, 1.165) is 19.3 Å². The smallest absolute Gasteiger partial charge is 0.410 e. The van der Waals surface area contributed by atoms with Gasteiger partial charge in [0.1, 0.15) is 5.75 Å². The Morgan fingerprint density at radius 2 is 1.67 bits per heavy atom. The van der Waals surface area contributed by atoms with Gasteiger partial charge in [0.05, 0.1) is 20.6 Å². The minimum absolute atomic E-state index is 0.0193. The zero-order valence-electron chi connectivity index (χ0n) is 14.7. The summed E-state index contributed by atoms with van der Waals surface area (Å²) < 4.78 is 32.5. The third kappa shape index (κ3) is 6.30. The van der Waals surface area contributed by atoms with Gasteiger partial charge < -0.3 is 10.1 Å². The molecule has 0 aliphatic carbocycles. The van der Waals surface area contributed by atoms with E-state index in [-0.39, 0.29) is 26.4 Å². The van der Waals surface area contributed by atoms with Gasteiger partial charge in [-0.2, -0.15) is 0 Å². The zero-order chi connectivity index (χ0) is 19.9. The number of anilines is 1. The molecule has 0 heterocycles. The van der Waals surface area contributed by atoms with Crippen LogP contribution >= 0.6 is 23.2 Å². The number of hydrogen-bond acceptors (Lipinski definition) is 4. The van der Waals surface area contributed by atoms with E-state index in [0.29, 0.717) is 6.54 Å². The molecular formula is C18H20Cl2N2O4S. The number of para-hydroxylation sites is 1. The predicted molar refractivity (Wildman–Crippen MR) is 107 cm³/mol. The molecule has 0 saturated heterocycles. The van der Waals surface area contributed by atoms with Crippen LogP contribution in [0.15, 0.2) is 47.4 Å². The molecule has 27 heavy (non-hydrogen) atoms. The molecule has 6 nitrogen and oxygen atoms in total. The number of rotatable bonds is 8. The Labute approximate surface area is 168 Å². The fourth-order valence-electron chi connectivity index (χ4n) is 2.18. The van der Waals surface area contributed by atoms with Gasteiger partial charge in [-0.05, 0) is 42.8 Å². The molecule has 0 aliphatic heterocycles. The molecule has 9 heteroatoms. The van der Waals surface area contributed by atoms with Gasteiger partial charge in [-0.15, -0.1) is 0 Å². The SMILES string of the molecule is CCCCCNC(=O)Oc1ccc(S(=O)(=O)Nc2c(Cl)cccc2Cl)cc1. The Morgan fingerprint density at radius 3 is 2.26 bits per heavy atom. The van der Waals surface area contributed by atoms with Gasteiger partial charge in [0, 0.05) is 6.54 Å². The molecule has 146 valence electrons. The topological polar surface area (TPSA) is 84.5 Å². The first-order valence-corrected chi connectivity index (χ1v) is 10.6. The van der Waals surface area contributed by atoms with E-state index in [9.17, 15) is 13.2 Å². The number of amides is 1. The Hall–Kier alpha value is -1.96. The summed E-state index contributed by atoms with van der Waals surface area (Å²) in [6, 6.07) is 10.1. The first-order valence-electron chi connectivity index (χ1n) is 8.36. The average Bonchev–Trinajstić information content (AvgIpc) is 2.62. The number of nitrogens with one attached hydrogen (secondary N) is 2. The molecule has 0 aromatic heterocycles. The molecular weight excluding hydrogens is 411 g/mol. The summed E-state index contributed by atoms with van der Waals surface area (Å²) in [5, 5.41) is 3.01. The Bertz CT molecular complexity index is 866. The summed E-state index contributed by atoms with van der Waals surface area (Å²) in [6.07, 6.45) is 2.37. The average molecular weight is 431 g/mol. The van der Waals surface area contributed by atoms with Crippen molar-refractivity contribution in [2.24, 2.45) is 0 Å². The summed E-state index contributed by atoms with van der Waals surface area (Å²) in [7, 11) is -3.90. The number of carbonyl (C=O) groups excluding carboxylic acids is 1. The minimum atomic E-state index is -3.90. The number of ether oxygens (including phenoxy) is 1. The quantitative estimate of drug-likeness (QED) is 0.572. The lowest BCUT2D eigenvalue weighted by molar-refractivity contribution is 0.200. The molecule has 2 N–H and O–H groups in total. The van der Waals surface area contributed by atoms with Crippen molar-refractivity contribution in [2.45, 2.75) is 31.1 Å². The number of sulfonamides is 1. The first-order chi connectivity index (χ1) is 12.8. The van der Waals surface area contributed by atoms with Crippen molar-refractivity contribution in [3.05, 3.63) is 52.5 Å². The van der Waals surface area contributed by atoms with Crippen LogP contribution in [0.25, 0.3) is 0 Å². The van der Waals surface area contributed by atoms with Crippen LogP contribution < -0.4 is 14.8 Å². The molecule has 0 fully saturated rings. The Kier molecular flexibility index (Phi) is 7.77. The summed E-state index contributed by atoms with van der Waals surface area (Å²) in [6.45, 7) is 2.60. The molecule has 0 aliphatic rings. The molecule has 2 aromatic rings. The number of unbranched alkanes of at least 4 members (excludes halogenated alkanes) is 2. The van der Waals surface area contributed by atoms with Crippen LogP contribution in [0.2, 0.25) is 10.0 Å². The summed E-state index contributed by atoms with van der Waals surface area (Å²) in [4.78, 5) is 11.7. The third-order valence-corrected chi connectivity index (χ3v) is 5.59. The monoisotopic (exact) mass is 430 g/mol. The summed E-state index contributed by atoms with van der Waals surface area (Å²) >= 11 is 12.0. The molecule has 0 saturated carbocycles. The summed E-state index contributed by atoms with van der Waals surface area (Å²) in [5.74, 6) is 0.234. The maximum atomic E-state index is 12.5. The maximum absolute atomic E-state index is 12.5. The molecule has 0 atom stereocenters. The molecule has 0 unspecified atom stereocenters. The second-order valence-corrected chi connectivity index (χ2v) is 8.19. The Morgan fingerprint density at radius 1 is 1.04 bits per heavy atom. The maximum Gasteiger partial charge on any atom is 0.412 e. The number of hydrogen-bond donors (Lipinski definition) is 2. The van der Waals surface area contributed by atoms with Crippen molar-refractivity contribution >= 4 is 45.0 Å². The van der Waals surface area contributed by atoms with Gasteiger partial charge >= 0.3 is 6.09 Å². The fourth-order valence-corrected chi connectivity index (χ4v) is 3.89. The third-order valence-electron chi connectivity index (χ3n) is 3.59. The van der Waals surface area contributed by atoms with Crippen LogP contribution in [0.4, 0.5) is 10.5 Å². The van der Waals surface area contributed by atoms with Gasteiger partial charge in [0.2, 0.25) is 0 Å². The van der Waals surface area contributed by atoms with Crippen molar-refractivity contribution in [2.75, 3.05) is 11.3 Å². The fraction of sp³-hybridized carbons (Fsp3) is 0.278. The Balaban J connectivity index is 2.02. The van der Waals surface area contributed by atoms with Crippen LogP contribution in [0.3, 0.4) is 0 Å². The van der Waals surface area contributed by atoms with E-state index in [2.05, 4.69) is 17.0 Å². The van der Waals surface area contributed by atoms with Gasteiger partial charge in [0.15, 0.2) is 0 Å².